The van der Waals surface area contributed by atoms with Crippen molar-refractivity contribution in [2.45, 2.75) is 191 Å². The Balaban J connectivity index is 0.000000296. The molecule has 8 fully saturated rings. The van der Waals surface area contributed by atoms with E-state index < -0.39 is 11.2 Å². The van der Waals surface area contributed by atoms with Gasteiger partial charge in [0.1, 0.15) is 0 Å². The Morgan fingerprint density at radius 2 is 0.985 bits per heavy atom. The maximum atomic E-state index is 13.4. The van der Waals surface area contributed by atoms with Crippen molar-refractivity contribution >= 4 is 34.7 Å². The van der Waals surface area contributed by atoms with E-state index in [0.717, 1.165) is 67.8 Å². The zero-order valence-corrected chi connectivity index (χ0v) is 43.1. The average molecular weight is 957 g/mol. The quantitative estimate of drug-likeness (QED) is 0.138. The molecule has 67 heavy (non-hydrogen) atoms. The van der Waals surface area contributed by atoms with Gasteiger partial charge in [0.25, 0.3) is 0 Å². The van der Waals surface area contributed by atoms with Gasteiger partial charge in [0, 0.05) is 24.4 Å². The van der Waals surface area contributed by atoms with Gasteiger partial charge in [-0.2, -0.15) is 36.4 Å². The van der Waals surface area contributed by atoms with Crippen LogP contribution in [0, 0.1) is 86.9 Å². The molecule has 0 spiro atoms. The summed E-state index contributed by atoms with van der Waals surface area (Å²) in [5.41, 5.74) is 1.08. The van der Waals surface area contributed by atoms with Crippen molar-refractivity contribution in [2.75, 3.05) is 14.2 Å². The van der Waals surface area contributed by atoms with Gasteiger partial charge in [-0.15, -0.1) is 0 Å². The van der Waals surface area contributed by atoms with Crippen molar-refractivity contribution < 1.29 is 37.0 Å². The standard InChI is InChI=1S/C27H38O2.C23H39NO3.C6H5.3CH4.ClH.Mg/c1-25(29)15-16-26(2)19(17-25)9-10-20-21-11-12-23(27(21,3)14-13-22(20)26)24(28)18-7-5-4-6-8-18;1-21(26)12-13-22(2)15(14-21)6-7-16-17-8-9-19(20(25)24(4)27-5)23(17,3)11-10-18(16)22;1-2-4-6-5-3-1;;;;;/h4-8,19-23,29H,9-17H2,1-3H3;15-19,26H,6-14H2,1-5H3;1-5H;3*1H4;1H;/q;;-1;;;;;+2/p-1/t19-,20+,21+,22+,23-,25-,26+,27+;15-,16+,17+,18+,19-,21-,22+,23+;;;;;;/m11....../s1. The molecule has 6 nitrogen and oxygen atoms in total. The Labute approximate surface area is 432 Å². The van der Waals surface area contributed by atoms with Crippen molar-refractivity contribution in [3.05, 3.63) is 72.3 Å². The molecule has 1 amide bonds. The Kier molecular flexibility index (Phi) is 20.5. The fraction of sp³-hybridized carbons (Fsp3) is 0.763. The molecule has 8 aliphatic rings. The molecular formula is C59H94ClMgNO5. The van der Waals surface area contributed by atoms with Crippen LogP contribution in [0.4, 0.5) is 0 Å². The molecule has 0 aliphatic heterocycles. The third kappa shape index (κ3) is 11.1. The van der Waals surface area contributed by atoms with Gasteiger partial charge in [-0.25, -0.2) is 5.06 Å². The van der Waals surface area contributed by atoms with E-state index in [2.05, 4.69) is 33.8 Å². The third-order valence-electron chi connectivity index (χ3n) is 20.8. The summed E-state index contributed by atoms with van der Waals surface area (Å²) in [6, 6.07) is 22.5. The van der Waals surface area contributed by atoms with E-state index in [1.807, 2.05) is 74.5 Å². The molecule has 8 aliphatic carbocycles. The monoisotopic (exact) mass is 956 g/mol. The topological polar surface area (TPSA) is 87.1 Å². The number of rotatable bonds is 4. The van der Waals surface area contributed by atoms with E-state index in [-0.39, 0.29) is 86.3 Å². The van der Waals surface area contributed by atoms with Crippen molar-refractivity contribution in [2.24, 2.45) is 80.8 Å². The van der Waals surface area contributed by atoms with Gasteiger partial charge in [0.2, 0.25) is 5.91 Å². The number of Topliss-reactive ketones (excluding diaryl/α,β-unsaturated/α-hetero) is 1. The van der Waals surface area contributed by atoms with Crippen LogP contribution in [0.3, 0.4) is 0 Å². The van der Waals surface area contributed by atoms with Gasteiger partial charge in [0.15, 0.2) is 5.78 Å². The predicted octanol–water partition coefficient (Wildman–Crippen LogP) is 10.7. The number of carbonyl (C=O) groups excluding carboxylic acids is 2. The van der Waals surface area contributed by atoms with E-state index in [4.69, 9.17) is 4.84 Å². The van der Waals surface area contributed by atoms with Crippen LogP contribution in [0.5, 0.6) is 0 Å². The minimum atomic E-state index is -0.462. The fourth-order valence-electron chi connectivity index (χ4n) is 17.2. The summed E-state index contributed by atoms with van der Waals surface area (Å²) in [7, 11) is 3.34. The largest absolute Gasteiger partial charge is 2.00 e. The maximum absolute atomic E-state index is 13.4. The van der Waals surface area contributed by atoms with Gasteiger partial charge >= 0.3 is 23.1 Å². The average Bonchev–Trinajstić information content (AvgIpc) is 3.81. The summed E-state index contributed by atoms with van der Waals surface area (Å²) < 4.78 is 0. The molecule has 10 rings (SSSR count). The van der Waals surface area contributed by atoms with E-state index >= 15 is 0 Å². The summed E-state index contributed by atoms with van der Waals surface area (Å²) in [5, 5.41) is 22.8. The number of amides is 1. The van der Waals surface area contributed by atoms with Crippen LogP contribution >= 0.6 is 0 Å². The first-order chi connectivity index (χ1) is 29.4. The number of ketones is 1. The van der Waals surface area contributed by atoms with Gasteiger partial charge in [-0.05, 0) is 198 Å². The van der Waals surface area contributed by atoms with Crippen molar-refractivity contribution in [1.82, 2.24) is 5.06 Å². The number of nitrogens with zero attached hydrogens (tertiary/aromatic N) is 1. The molecule has 8 saturated carbocycles. The van der Waals surface area contributed by atoms with E-state index in [1.54, 1.807) is 14.2 Å². The van der Waals surface area contributed by atoms with Crippen LogP contribution < -0.4 is 12.4 Å². The Bertz CT molecular complexity index is 1850. The number of hydroxylamine groups is 2. The van der Waals surface area contributed by atoms with Crippen molar-refractivity contribution in [3.63, 3.8) is 0 Å². The number of hydrogen-bond acceptors (Lipinski definition) is 5. The SMILES string of the molecule is C.C.C.CON(C)C(=O)[C@H]1CC[C@H]2[C@@H]3CC[C@@H]4C[C@](C)(O)CC[C@]4(C)[C@H]3CC[C@]12C.C[C@@]1(O)CC[C@@]2(C)[C@H](CC[C@@H]3[C@@H]2CC[C@]2(C)[C@@H](C(=O)c4ccccc4)CC[C@@H]32)C1.[Cl-].[Mg+2].[c-]1ccccc1. The first-order valence-corrected chi connectivity index (χ1v) is 25.1. The fourth-order valence-corrected chi connectivity index (χ4v) is 17.2. The second kappa shape index (κ2) is 22.9. The molecule has 0 aromatic heterocycles. The molecule has 374 valence electrons. The minimum Gasteiger partial charge on any atom is -1.00 e. The Morgan fingerprint density at radius 3 is 1.40 bits per heavy atom. The molecule has 2 N–H and O–H groups in total. The summed E-state index contributed by atoms with van der Waals surface area (Å²) in [6.07, 6.45) is 20.8. The van der Waals surface area contributed by atoms with Crippen molar-refractivity contribution in [1.29, 1.82) is 0 Å². The number of fused-ring (bicyclic) bond motifs is 10. The van der Waals surface area contributed by atoms with Crippen LogP contribution in [0.15, 0.2) is 60.7 Å². The zero-order chi connectivity index (χ0) is 44.3. The maximum Gasteiger partial charge on any atom is 2.00 e. The molecule has 8 heteroatoms. The van der Waals surface area contributed by atoms with E-state index in [0.29, 0.717) is 40.3 Å². The van der Waals surface area contributed by atoms with Gasteiger partial charge in [-0.3, -0.25) is 14.4 Å². The van der Waals surface area contributed by atoms with E-state index in [1.165, 1.54) is 82.1 Å². The third-order valence-corrected chi connectivity index (χ3v) is 20.8. The van der Waals surface area contributed by atoms with Crippen LogP contribution in [0.1, 0.15) is 190 Å². The summed E-state index contributed by atoms with van der Waals surface area (Å²) in [6.45, 7) is 14.0. The Morgan fingerprint density at radius 1 is 0.567 bits per heavy atom. The zero-order valence-electron chi connectivity index (χ0n) is 40.9. The summed E-state index contributed by atoms with van der Waals surface area (Å²) in [4.78, 5) is 31.6. The number of benzene rings is 2. The molecule has 0 saturated heterocycles. The van der Waals surface area contributed by atoms with Crippen molar-refractivity contribution in [3.8, 4) is 0 Å². The van der Waals surface area contributed by atoms with Gasteiger partial charge in [-0.1, -0.05) is 80.3 Å². The molecular weight excluding hydrogens is 862 g/mol. The summed E-state index contributed by atoms with van der Waals surface area (Å²) in [5.74, 6) is 6.74. The second-order valence-electron chi connectivity index (χ2n) is 23.9. The Hall–Kier alpha value is -1.48. The minimum absolute atomic E-state index is 0. The van der Waals surface area contributed by atoms with Crippen LogP contribution in [0.2, 0.25) is 0 Å². The molecule has 2 aromatic rings. The number of aliphatic hydroxyl groups is 2. The van der Waals surface area contributed by atoms with E-state index in [9.17, 15) is 19.8 Å². The van der Waals surface area contributed by atoms with Gasteiger partial charge < -0.3 is 22.6 Å². The normalized spacial score (nSPS) is 42.8. The molecule has 0 bridgehead atoms. The predicted molar refractivity (Wildman–Crippen MR) is 273 cm³/mol. The van der Waals surface area contributed by atoms with Crippen LogP contribution in [0.25, 0.3) is 0 Å². The van der Waals surface area contributed by atoms with Crippen LogP contribution in [-0.2, 0) is 9.63 Å². The van der Waals surface area contributed by atoms with Crippen LogP contribution in [-0.4, -0.2) is 75.4 Å². The second-order valence-corrected chi connectivity index (χ2v) is 23.9. The smallest absolute Gasteiger partial charge is 1.00 e. The molecule has 0 radical (unpaired) electrons. The molecule has 2 aromatic carbocycles. The van der Waals surface area contributed by atoms with Gasteiger partial charge in [0.05, 0.1) is 18.3 Å². The molecule has 0 heterocycles. The number of carbonyl (C=O) groups is 2. The molecule has 0 unspecified atom stereocenters. The summed E-state index contributed by atoms with van der Waals surface area (Å²) >= 11 is 0. The molecule has 16 atom stereocenters. The first-order valence-electron chi connectivity index (χ1n) is 25.1. The number of halogens is 1. The number of hydrogen-bond donors (Lipinski definition) is 2. The first kappa shape index (κ1) is 59.8.